The molecular weight excluding hydrogens is 457 g/mol. The molecule has 0 spiro atoms. The van der Waals surface area contributed by atoms with Crippen LogP contribution in [0.25, 0.3) is 0 Å². The summed E-state index contributed by atoms with van der Waals surface area (Å²) in [7, 11) is 1.61. The van der Waals surface area contributed by atoms with Gasteiger partial charge in [-0.15, -0.1) is 0 Å². The Labute approximate surface area is 215 Å². The number of piperazine rings is 1. The van der Waals surface area contributed by atoms with Gasteiger partial charge in [0.25, 0.3) is 5.91 Å². The number of halogens is 1. The summed E-state index contributed by atoms with van der Waals surface area (Å²) in [5.74, 6) is 0.657. The first-order chi connectivity index (χ1) is 17.5. The van der Waals surface area contributed by atoms with Gasteiger partial charge in [-0.05, 0) is 48.4 Å². The lowest BCUT2D eigenvalue weighted by molar-refractivity contribution is -0.132. The normalized spacial score (nSPS) is 14.0. The maximum atomic E-state index is 13.4. The minimum atomic E-state index is -0.269. The molecule has 6 nitrogen and oxygen atoms in total. The molecule has 0 bridgehead atoms. The molecule has 3 rings (SSSR count). The summed E-state index contributed by atoms with van der Waals surface area (Å²) in [6, 6.07) is 13.6. The van der Waals surface area contributed by atoms with Crippen LogP contribution in [0.5, 0.6) is 5.75 Å². The average molecular weight is 498 g/mol. The van der Waals surface area contributed by atoms with E-state index in [1.54, 1.807) is 43.5 Å². The zero-order chi connectivity index (χ0) is 25.8. The van der Waals surface area contributed by atoms with Crippen LogP contribution in [0.1, 0.15) is 61.4 Å². The summed E-state index contributed by atoms with van der Waals surface area (Å²) in [6.45, 7) is 6.93. The molecule has 36 heavy (non-hydrogen) atoms. The van der Waals surface area contributed by atoms with E-state index in [2.05, 4.69) is 11.8 Å². The first-order valence-electron chi connectivity index (χ1n) is 13.2. The molecule has 1 saturated heterocycles. The highest BCUT2D eigenvalue weighted by Gasteiger charge is 2.23. The Morgan fingerprint density at radius 3 is 2.22 bits per heavy atom. The fourth-order valence-corrected chi connectivity index (χ4v) is 4.49. The number of nitrogens with zero attached hydrogens (tertiary/aromatic N) is 3. The SMILES string of the molecule is CCCCCCCC(=O)N(CCN1CCN(C(=O)c2ccc(OC)cc2)CC1)Cc1ccc(F)cc1. The lowest BCUT2D eigenvalue weighted by Gasteiger charge is -2.36. The van der Waals surface area contributed by atoms with E-state index in [4.69, 9.17) is 4.74 Å². The van der Waals surface area contributed by atoms with Gasteiger partial charge < -0.3 is 14.5 Å². The molecule has 2 aromatic carbocycles. The monoisotopic (exact) mass is 497 g/mol. The number of carbonyl (C=O) groups excluding carboxylic acids is 2. The molecule has 0 aromatic heterocycles. The number of amides is 2. The van der Waals surface area contributed by atoms with Crippen molar-refractivity contribution in [3.8, 4) is 5.75 Å². The van der Waals surface area contributed by atoms with Crippen molar-refractivity contribution >= 4 is 11.8 Å². The van der Waals surface area contributed by atoms with Crippen LogP contribution in [0, 0.1) is 5.82 Å². The number of hydrogen-bond acceptors (Lipinski definition) is 4. The number of benzene rings is 2. The molecule has 1 heterocycles. The number of carbonyl (C=O) groups is 2. The minimum Gasteiger partial charge on any atom is -0.497 e. The smallest absolute Gasteiger partial charge is 0.253 e. The van der Waals surface area contributed by atoms with E-state index in [0.29, 0.717) is 38.2 Å². The van der Waals surface area contributed by atoms with Crippen LogP contribution in [0.4, 0.5) is 4.39 Å². The maximum Gasteiger partial charge on any atom is 0.253 e. The van der Waals surface area contributed by atoms with Crippen molar-refractivity contribution in [3.63, 3.8) is 0 Å². The molecule has 196 valence electrons. The molecule has 0 atom stereocenters. The van der Waals surface area contributed by atoms with Crippen LogP contribution < -0.4 is 4.74 Å². The Kier molecular flexibility index (Phi) is 11.2. The Balaban J connectivity index is 1.50. The third-order valence-electron chi connectivity index (χ3n) is 6.82. The number of unbranched alkanes of at least 4 members (excludes halogenated alkanes) is 4. The highest BCUT2D eigenvalue weighted by atomic mass is 19.1. The second kappa shape index (κ2) is 14.6. The Morgan fingerprint density at radius 1 is 0.917 bits per heavy atom. The van der Waals surface area contributed by atoms with Gasteiger partial charge in [0.15, 0.2) is 0 Å². The predicted octanol–water partition coefficient (Wildman–Crippen LogP) is 4.98. The standard InChI is InChI=1S/C29H40FN3O3/c1-3-4-5-6-7-8-28(34)33(23-24-9-13-26(30)14-10-24)22-19-31-17-20-32(21-18-31)29(35)25-11-15-27(36-2)16-12-25/h9-16H,3-8,17-23H2,1-2H3. The second-order valence-electron chi connectivity index (χ2n) is 9.47. The highest BCUT2D eigenvalue weighted by molar-refractivity contribution is 5.94. The molecule has 2 amide bonds. The van der Waals surface area contributed by atoms with Crippen molar-refractivity contribution in [2.75, 3.05) is 46.4 Å². The van der Waals surface area contributed by atoms with Crippen LogP contribution >= 0.6 is 0 Å². The van der Waals surface area contributed by atoms with Gasteiger partial charge in [-0.2, -0.15) is 0 Å². The van der Waals surface area contributed by atoms with Crippen molar-refractivity contribution in [1.82, 2.24) is 14.7 Å². The van der Waals surface area contributed by atoms with Crippen LogP contribution in [0.2, 0.25) is 0 Å². The molecule has 2 aromatic rings. The third kappa shape index (κ3) is 8.63. The molecular formula is C29H40FN3O3. The van der Waals surface area contributed by atoms with Crippen LogP contribution in [-0.4, -0.2) is 72.9 Å². The van der Waals surface area contributed by atoms with Crippen molar-refractivity contribution < 1.29 is 18.7 Å². The third-order valence-corrected chi connectivity index (χ3v) is 6.82. The predicted molar refractivity (Wildman–Crippen MR) is 141 cm³/mol. The number of rotatable bonds is 13. The van der Waals surface area contributed by atoms with Gasteiger partial charge in [-0.25, -0.2) is 4.39 Å². The zero-order valence-corrected chi connectivity index (χ0v) is 21.8. The van der Waals surface area contributed by atoms with E-state index in [9.17, 15) is 14.0 Å². The Morgan fingerprint density at radius 2 is 1.58 bits per heavy atom. The van der Waals surface area contributed by atoms with Crippen LogP contribution in [-0.2, 0) is 11.3 Å². The molecule has 7 heteroatoms. The molecule has 1 aliphatic rings. The van der Waals surface area contributed by atoms with E-state index in [1.165, 1.54) is 31.4 Å². The molecule has 0 N–H and O–H groups in total. The molecule has 0 unspecified atom stereocenters. The van der Waals surface area contributed by atoms with Crippen molar-refractivity contribution in [2.45, 2.75) is 52.0 Å². The second-order valence-corrected chi connectivity index (χ2v) is 9.47. The van der Waals surface area contributed by atoms with Crippen LogP contribution in [0.3, 0.4) is 0 Å². The zero-order valence-electron chi connectivity index (χ0n) is 21.8. The fourth-order valence-electron chi connectivity index (χ4n) is 4.49. The van der Waals surface area contributed by atoms with Gasteiger partial charge in [0, 0.05) is 57.8 Å². The van der Waals surface area contributed by atoms with E-state index in [1.807, 2.05) is 9.80 Å². The number of hydrogen-bond donors (Lipinski definition) is 0. The lowest BCUT2D eigenvalue weighted by Crippen LogP contribution is -2.50. The fraction of sp³-hybridized carbons (Fsp3) is 0.517. The van der Waals surface area contributed by atoms with Crippen molar-refractivity contribution in [1.29, 1.82) is 0 Å². The summed E-state index contributed by atoms with van der Waals surface area (Å²) in [5.41, 5.74) is 1.60. The molecule has 1 aliphatic heterocycles. The summed E-state index contributed by atoms with van der Waals surface area (Å²) in [4.78, 5) is 32.0. The summed E-state index contributed by atoms with van der Waals surface area (Å²) < 4.78 is 18.5. The molecule has 0 radical (unpaired) electrons. The van der Waals surface area contributed by atoms with Crippen molar-refractivity contribution in [2.24, 2.45) is 0 Å². The number of methoxy groups -OCH3 is 1. The van der Waals surface area contributed by atoms with E-state index in [0.717, 1.165) is 43.8 Å². The van der Waals surface area contributed by atoms with Crippen LogP contribution in [0.15, 0.2) is 48.5 Å². The summed E-state index contributed by atoms with van der Waals surface area (Å²) >= 11 is 0. The van der Waals surface area contributed by atoms with Crippen molar-refractivity contribution in [3.05, 3.63) is 65.5 Å². The van der Waals surface area contributed by atoms with E-state index in [-0.39, 0.29) is 17.6 Å². The minimum absolute atomic E-state index is 0.0356. The van der Waals surface area contributed by atoms with Gasteiger partial charge in [-0.1, -0.05) is 44.7 Å². The van der Waals surface area contributed by atoms with E-state index < -0.39 is 0 Å². The van der Waals surface area contributed by atoms with Gasteiger partial charge >= 0.3 is 0 Å². The Hall–Kier alpha value is -2.93. The van der Waals surface area contributed by atoms with Gasteiger partial charge in [0.1, 0.15) is 11.6 Å². The summed E-state index contributed by atoms with van der Waals surface area (Å²) in [6.07, 6.45) is 6.10. The lowest BCUT2D eigenvalue weighted by atomic mass is 10.1. The van der Waals surface area contributed by atoms with Gasteiger partial charge in [0.2, 0.25) is 5.91 Å². The highest BCUT2D eigenvalue weighted by Crippen LogP contribution is 2.15. The quantitative estimate of drug-likeness (QED) is 0.366. The molecule has 1 fully saturated rings. The Bertz CT molecular complexity index is 941. The molecule has 0 saturated carbocycles. The van der Waals surface area contributed by atoms with Gasteiger partial charge in [-0.3, -0.25) is 14.5 Å². The topological polar surface area (TPSA) is 53.1 Å². The summed E-state index contributed by atoms with van der Waals surface area (Å²) in [5, 5.41) is 0. The first-order valence-corrected chi connectivity index (χ1v) is 13.2. The maximum absolute atomic E-state index is 13.4. The largest absolute Gasteiger partial charge is 0.497 e. The van der Waals surface area contributed by atoms with E-state index >= 15 is 0 Å². The average Bonchev–Trinajstić information content (AvgIpc) is 2.91. The number of ether oxygens (including phenoxy) is 1. The first kappa shape index (κ1) is 27.7. The molecule has 0 aliphatic carbocycles. The van der Waals surface area contributed by atoms with Gasteiger partial charge in [0.05, 0.1) is 7.11 Å².